The van der Waals surface area contributed by atoms with Gasteiger partial charge in [-0.3, -0.25) is 0 Å². The van der Waals surface area contributed by atoms with Crippen LogP contribution in [0.3, 0.4) is 0 Å². The Morgan fingerprint density at radius 3 is 2.54 bits per heavy atom. The normalized spacial score (nSPS) is 18.9. The summed E-state index contributed by atoms with van der Waals surface area (Å²) in [6.45, 7) is 1.72. The van der Waals surface area contributed by atoms with Gasteiger partial charge in [-0.05, 0) is 36.8 Å². The molecule has 0 saturated carbocycles. The summed E-state index contributed by atoms with van der Waals surface area (Å²) in [7, 11) is 2.79. The van der Waals surface area contributed by atoms with Crippen molar-refractivity contribution in [2.75, 3.05) is 14.2 Å². The third kappa shape index (κ3) is 3.31. The number of ether oxygens (including phenoxy) is 3. The minimum atomic E-state index is -1.06. The van der Waals surface area contributed by atoms with Gasteiger partial charge in [0.15, 0.2) is 5.54 Å². The monoisotopic (exact) mass is 353 g/mol. The van der Waals surface area contributed by atoms with Gasteiger partial charge in [0.05, 0.1) is 14.2 Å². The largest absolute Gasteiger partial charge is 0.496 e. The minimum absolute atomic E-state index is 0.288. The molecule has 0 radical (unpaired) electrons. The number of methoxy groups -OCH3 is 2. The zero-order valence-corrected chi connectivity index (χ0v) is 14.8. The van der Waals surface area contributed by atoms with E-state index in [1.54, 1.807) is 25.1 Å². The molecule has 2 aromatic rings. The van der Waals surface area contributed by atoms with Crippen molar-refractivity contribution >= 4 is 17.8 Å². The summed E-state index contributed by atoms with van der Waals surface area (Å²) in [4.78, 5) is 28.9. The van der Waals surface area contributed by atoms with Crippen LogP contribution in [0.5, 0.6) is 5.75 Å². The average molecular weight is 353 g/mol. The van der Waals surface area contributed by atoms with E-state index in [0.717, 1.165) is 11.1 Å². The Morgan fingerprint density at radius 2 is 1.88 bits per heavy atom. The fraction of sp³-hybridized carbons (Fsp3) is 0.250. The van der Waals surface area contributed by atoms with Gasteiger partial charge in [0, 0.05) is 12.0 Å². The van der Waals surface area contributed by atoms with E-state index in [9.17, 15) is 9.59 Å². The number of esters is 2. The van der Waals surface area contributed by atoms with Crippen LogP contribution >= 0.6 is 0 Å². The lowest BCUT2D eigenvalue weighted by atomic mass is 9.93. The molecule has 0 aromatic heterocycles. The molecule has 0 spiro atoms. The van der Waals surface area contributed by atoms with E-state index in [0.29, 0.717) is 17.2 Å². The molecular formula is C20H19NO5. The van der Waals surface area contributed by atoms with Gasteiger partial charge in [-0.2, -0.15) is 0 Å². The summed E-state index contributed by atoms with van der Waals surface area (Å²) >= 11 is 0. The van der Waals surface area contributed by atoms with E-state index >= 15 is 0 Å². The second kappa shape index (κ2) is 7.00. The number of rotatable bonds is 5. The second-order valence-electron chi connectivity index (χ2n) is 6.15. The van der Waals surface area contributed by atoms with Crippen LogP contribution in [0.25, 0.3) is 0 Å². The first-order valence-electron chi connectivity index (χ1n) is 8.09. The fourth-order valence-electron chi connectivity index (χ4n) is 2.84. The average Bonchev–Trinajstić information content (AvgIpc) is 2.96. The SMILES string of the molecule is COC(=O)c1cc(C[C@@]2(C)N=C(c3ccccc3)OC2=O)ccc1OC. The molecule has 0 aliphatic carbocycles. The van der Waals surface area contributed by atoms with Gasteiger partial charge in [-0.1, -0.05) is 24.3 Å². The van der Waals surface area contributed by atoms with Gasteiger partial charge < -0.3 is 14.2 Å². The highest BCUT2D eigenvalue weighted by molar-refractivity contribution is 6.07. The Balaban J connectivity index is 1.91. The molecule has 26 heavy (non-hydrogen) atoms. The van der Waals surface area contributed by atoms with E-state index in [1.165, 1.54) is 14.2 Å². The number of hydrogen-bond acceptors (Lipinski definition) is 6. The molecule has 1 heterocycles. The lowest BCUT2D eigenvalue weighted by Gasteiger charge is -2.17. The number of hydrogen-bond donors (Lipinski definition) is 0. The predicted molar refractivity (Wildman–Crippen MR) is 95.5 cm³/mol. The number of aliphatic imine (C=N–C) groups is 1. The molecule has 0 bridgehead atoms. The molecule has 1 aliphatic rings. The Labute approximate surface area is 151 Å². The van der Waals surface area contributed by atoms with Gasteiger partial charge in [-0.25, -0.2) is 14.6 Å². The Bertz CT molecular complexity index is 875. The molecule has 0 N–H and O–H groups in total. The summed E-state index contributed by atoms with van der Waals surface area (Å²) in [5.74, 6) is -0.212. The number of nitrogens with zero attached hydrogens (tertiary/aromatic N) is 1. The van der Waals surface area contributed by atoms with Crippen molar-refractivity contribution in [1.29, 1.82) is 0 Å². The molecule has 0 saturated heterocycles. The Kier molecular flexibility index (Phi) is 4.75. The van der Waals surface area contributed by atoms with Crippen LogP contribution in [-0.4, -0.2) is 37.6 Å². The summed E-state index contributed by atoms with van der Waals surface area (Å²) in [6, 6.07) is 14.4. The molecule has 0 unspecified atom stereocenters. The van der Waals surface area contributed by atoms with E-state index in [2.05, 4.69) is 4.99 Å². The third-order valence-corrected chi connectivity index (χ3v) is 4.22. The van der Waals surface area contributed by atoms with Gasteiger partial charge in [0.1, 0.15) is 11.3 Å². The summed E-state index contributed by atoms with van der Waals surface area (Å²) in [5, 5.41) is 0. The maximum atomic E-state index is 12.4. The summed E-state index contributed by atoms with van der Waals surface area (Å²) < 4.78 is 15.4. The summed E-state index contributed by atoms with van der Waals surface area (Å²) in [5.41, 5.74) is 0.737. The predicted octanol–water partition coefficient (Wildman–Crippen LogP) is 2.79. The smallest absolute Gasteiger partial charge is 0.341 e. The quantitative estimate of drug-likeness (QED) is 0.773. The highest BCUT2D eigenvalue weighted by Crippen LogP contribution is 2.29. The Hall–Kier alpha value is -3.15. The lowest BCUT2D eigenvalue weighted by Crippen LogP contribution is -2.32. The van der Waals surface area contributed by atoms with Crippen LogP contribution in [0, 0.1) is 0 Å². The molecule has 0 fully saturated rings. The van der Waals surface area contributed by atoms with Crippen LogP contribution in [0.15, 0.2) is 53.5 Å². The first-order valence-corrected chi connectivity index (χ1v) is 8.09. The molecule has 0 amide bonds. The number of carbonyl (C=O) groups is 2. The van der Waals surface area contributed by atoms with Crippen LogP contribution < -0.4 is 4.74 Å². The first-order chi connectivity index (χ1) is 12.5. The van der Waals surface area contributed by atoms with Crippen LogP contribution in [0.2, 0.25) is 0 Å². The van der Waals surface area contributed by atoms with Crippen LogP contribution in [-0.2, 0) is 20.7 Å². The topological polar surface area (TPSA) is 74.2 Å². The second-order valence-corrected chi connectivity index (χ2v) is 6.15. The zero-order chi connectivity index (χ0) is 18.7. The first kappa shape index (κ1) is 17.7. The van der Waals surface area contributed by atoms with E-state index in [-0.39, 0.29) is 6.42 Å². The van der Waals surface area contributed by atoms with E-state index < -0.39 is 17.5 Å². The van der Waals surface area contributed by atoms with Crippen LogP contribution in [0.1, 0.15) is 28.4 Å². The molecule has 134 valence electrons. The highest BCUT2D eigenvalue weighted by Gasteiger charge is 2.42. The molecule has 1 atom stereocenters. The van der Waals surface area contributed by atoms with Gasteiger partial charge in [0.2, 0.25) is 5.90 Å². The van der Waals surface area contributed by atoms with Crippen molar-refractivity contribution in [3.05, 3.63) is 65.2 Å². The maximum absolute atomic E-state index is 12.4. The van der Waals surface area contributed by atoms with Gasteiger partial charge in [0.25, 0.3) is 0 Å². The summed E-state index contributed by atoms with van der Waals surface area (Å²) in [6.07, 6.45) is 0.288. The molecule has 3 rings (SSSR count). The Morgan fingerprint density at radius 1 is 1.15 bits per heavy atom. The molecular weight excluding hydrogens is 334 g/mol. The van der Waals surface area contributed by atoms with Crippen molar-refractivity contribution in [3.63, 3.8) is 0 Å². The lowest BCUT2D eigenvalue weighted by molar-refractivity contribution is -0.138. The van der Waals surface area contributed by atoms with Crippen molar-refractivity contribution in [1.82, 2.24) is 0 Å². The zero-order valence-electron chi connectivity index (χ0n) is 14.8. The fourth-order valence-corrected chi connectivity index (χ4v) is 2.84. The van der Waals surface area contributed by atoms with Crippen molar-refractivity contribution in [2.45, 2.75) is 18.9 Å². The van der Waals surface area contributed by atoms with Crippen LogP contribution in [0.4, 0.5) is 0 Å². The number of cyclic esters (lactones) is 1. The standard InChI is InChI=1S/C20H19NO5/c1-20(19(23)26-17(21-20)14-7-5-4-6-8-14)12-13-9-10-16(24-2)15(11-13)18(22)25-3/h4-11H,12H2,1-3H3/t20-/m1/s1. The molecule has 2 aromatic carbocycles. The van der Waals surface area contributed by atoms with Crippen molar-refractivity contribution in [2.24, 2.45) is 4.99 Å². The maximum Gasteiger partial charge on any atom is 0.341 e. The third-order valence-electron chi connectivity index (χ3n) is 4.22. The number of carbonyl (C=O) groups excluding carboxylic acids is 2. The molecule has 6 nitrogen and oxygen atoms in total. The molecule has 6 heteroatoms. The number of benzene rings is 2. The molecule has 1 aliphatic heterocycles. The van der Waals surface area contributed by atoms with Gasteiger partial charge in [-0.15, -0.1) is 0 Å². The van der Waals surface area contributed by atoms with Crippen molar-refractivity contribution < 1.29 is 23.8 Å². The highest BCUT2D eigenvalue weighted by atomic mass is 16.6. The van der Waals surface area contributed by atoms with Gasteiger partial charge >= 0.3 is 11.9 Å². The van der Waals surface area contributed by atoms with E-state index in [4.69, 9.17) is 14.2 Å². The van der Waals surface area contributed by atoms with E-state index in [1.807, 2.05) is 30.3 Å². The van der Waals surface area contributed by atoms with Crippen molar-refractivity contribution in [3.8, 4) is 5.75 Å². The minimum Gasteiger partial charge on any atom is -0.496 e.